The Morgan fingerprint density at radius 2 is 2.10 bits per heavy atom. The number of hydrogen-bond acceptors (Lipinski definition) is 8. The summed E-state index contributed by atoms with van der Waals surface area (Å²) >= 11 is -1.09. The van der Waals surface area contributed by atoms with Crippen LogP contribution in [-0.2, 0) is 17.6 Å². The predicted octanol–water partition coefficient (Wildman–Crippen LogP) is 0.213. The zero-order valence-electron chi connectivity index (χ0n) is 16.4. The first-order chi connectivity index (χ1) is 14.1. The highest BCUT2D eigenvalue weighted by Crippen LogP contribution is 2.41. The van der Waals surface area contributed by atoms with Crippen molar-refractivity contribution >= 4 is 28.8 Å². The largest absolute Gasteiger partial charge is 0.611 e. The van der Waals surface area contributed by atoms with Gasteiger partial charge < -0.3 is 30.5 Å². The molecule has 1 aliphatic carbocycles. The van der Waals surface area contributed by atoms with Gasteiger partial charge >= 0.3 is 0 Å². The number of rotatable bonds is 6. The molecule has 1 unspecified atom stereocenters. The number of aliphatic hydroxyl groups is 1. The van der Waals surface area contributed by atoms with E-state index in [4.69, 9.17) is 15.7 Å². The molecule has 3 heterocycles. The van der Waals surface area contributed by atoms with Gasteiger partial charge in [-0.25, -0.2) is 9.98 Å². The van der Waals surface area contributed by atoms with Gasteiger partial charge in [0.25, 0.3) is 0 Å². The summed E-state index contributed by atoms with van der Waals surface area (Å²) in [7, 11) is 0. The van der Waals surface area contributed by atoms with E-state index in [9.17, 15) is 9.66 Å². The minimum Gasteiger partial charge on any atom is -0.611 e. The van der Waals surface area contributed by atoms with Crippen molar-refractivity contribution in [1.29, 1.82) is 0 Å². The third-order valence-corrected chi connectivity index (χ3v) is 7.03. The SMILES string of the molecule is C=C/N=C(\C=C/N)N1CCN(c2nc3c(c(NC4(CO)CC4)n2)[S+]([O-])CC3)CC1. The summed E-state index contributed by atoms with van der Waals surface area (Å²) in [5, 5.41) is 13.1. The lowest BCUT2D eigenvalue weighted by atomic mass is 10.2. The lowest BCUT2D eigenvalue weighted by Crippen LogP contribution is -2.49. The predicted molar refractivity (Wildman–Crippen MR) is 114 cm³/mol. The van der Waals surface area contributed by atoms with E-state index >= 15 is 0 Å². The summed E-state index contributed by atoms with van der Waals surface area (Å²) in [6.45, 7) is 6.70. The first-order valence-electron chi connectivity index (χ1n) is 9.84. The Morgan fingerprint density at radius 3 is 2.72 bits per heavy atom. The standard InChI is InChI=1S/C19H27N7O2S/c1-2-21-15(3-7-20)25-8-10-26(11-9-25)18-22-14-4-12-29(28)16(14)17(23-18)24-19(13-27)5-6-19/h2-3,7,27H,1,4-6,8-13,20H2,(H,22,23,24)/b7-3-,21-15+. The van der Waals surface area contributed by atoms with Gasteiger partial charge in [0, 0.05) is 38.8 Å². The second-order valence-electron chi connectivity index (χ2n) is 7.51. The minimum atomic E-state index is -1.09. The molecule has 1 aromatic heterocycles. The Bertz CT molecular complexity index is 832. The summed E-state index contributed by atoms with van der Waals surface area (Å²) in [5.41, 5.74) is 6.06. The van der Waals surface area contributed by atoms with Gasteiger partial charge in [-0.3, -0.25) is 0 Å². The van der Waals surface area contributed by atoms with Crippen LogP contribution >= 0.6 is 0 Å². The van der Waals surface area contributed by atoms with Gasteiger partial charge in [-0.15, -0.1) is 0 Å². The smallest absolute Gasteiger partial charge is 0.228 e. The molecule has 2 fully saturated rings. The maximum absolute atomic E-state index is 12.5. The van der Waals surface area contributed by atoms with Gasteiger partial charge in [-0.1, -0.05) is 6.58 Å². The number of piperazine rings is 1. The summed E-state index contributed by atoms with van der Waals surface area (Å²) in [6.07, 6.45) is 7.23. The second-order valence-corrected chi connectivity index (χ2v) is 9.02. The van der Waals surface area contributed by atoms with Crippen molar-refractivity contribution < 1.29 is 9.66 Å². The summed E-state index contributed by atoms with van der Waals surface area (Å²) in [6, 6.07) is 0. The number of aryl methyl sites for hydroxylation is 1. The van der Waals surface area contributed by atoms with Crippen LogP contribution in [0.1, 0.15) is 18.5 Å². The lowest BCUT2D eigenvalue weighted by Gasteiger charge is -2.36. The van der Waals surface area contributed by atoms with Crippen LogP contribution in [0.25, 0.3) is 0 Å². The number of nitrogens with one attached hydrogen (secondary N) is 1. The number of aromatic nitrogens is 2. The van der Waals surface area contributed by atoms with E-state index < -0.39 is 11.2 Å². The van der Waals surface area contributed by atoms with Crippen LogP contribution in [0.4, 0.5) is 11.8 Å². The van der Waals surface area contributed by atoms with Crippen LogP contribution in [-0.4, -0.2) is 74.4 Å². The van der Waals surface area contributed by atoms with Crippen LogP contribution in [0.5, 0.6) is 0 Å². The molecule has 0 amide bonds. The third kappa shape index (κ3) is 4.05. The summed E-state index contributed by atoms with van der Waals surface area (Å²) in [5.74, 6) is 2.63. The number of hydrogen-bond donors (Lipinski definition) is 3. The second kappa shape index (κ2) is 8.21. The molecule has 0 radical (unpaired) electrons. The van der Waals surface area contributed by atoms with Crippen molar-refractivity contribution in [3.8, 4) is 0 Å². The van der Waals surface area contributed by atoms with Crippen LogP contribution in [0.15, 0.2) is 34.9 Å². The van der Waals surface area contributed by atoms with E-state index in [0.717, 1.165) is 50.6 Å². The van der Waals surface area contributed by atoms with Gasteiger partial charge in [0.1, 0.15) is 17.3 Å². The van der Waals surface area contributed by atoms with E-state index in [1.165, 1.54) is 12.4 Å². The Labute approximate surface area is 173 Å². The van der Waals surface area contributed by atoms with Gasteiger partial charge in [-0.2, -0.15) is 4.98 Å². The molecule has 1 saturated heterocycles. The van der Waals surface area contributed by atoms with Crippen molar-refractivity contribution in [3.63, 3.8) is 0 Å². The van der Waals surface area contributed by atoms with E-state index in [1.807, 2.05) is 0 Å². The lowest BCUT2D eigenvalue weighted by molar-refractivity contribution is 0.265. The first-order valence-corrected chi connectivity index (χ1v) is 11.2. The Hall–Kier alpha value is -2.30. The van der Waals surface area contributed by atoms with Gasteiger partial charge in [-0.05, 0) is 36.3 Å². The molecule has 0 spiro atoms. The zero-order valence-corrected chi connectivity index (χ0v) is 17.2. The molecule has 1 aromatic rings. The number of aliphatic imine (C=N–C) groups is 1. The molecule has 3 aliphatic rings. The maximum atomic E-state index is 12.5. The topological polar surface area (TPSA) is 126 Å². The third-order valence-electron chi connectivity index (χ3n) is 5.57. The number of aliphatic hydroxyl groups excluding tert-OH is 1. The van der Waals surface area contributed by atoms with Crippen LogP contribution < -0.4 is 16.0 Å². The normalized spacial score (nSPS) is 23.4. The Morgan fingerprint density at radius 1 is 1.34 bits per heavy atom. The molecule has 4 rings (SSSR count). The summed E-state index contributed by atoms with van der Waals surface area (Å²) < 4.78 is 12.5. The highest BCUT2D eigenvalue weighted by Gasteiger charge is 2.45. The summed E-state index contributed by atoms with van der Waals surface area (Å²) in [4.78, 5) is 18.7. The molecule has 10 heteroatoms. The van der Waals surface area contributed by atoms with Gasteiger partial charge in [0.15, 0.2) is 5.82 Å². The molecule has 9 nitrogen and oxygen atoms in total. The quantitative estimate of drug-likeness (QED) is 0.341. The average Bonchev–Trinajstić information content (AvgIpc) is 3.41. The fraction of sp³-hybridized carbons (Fsp3) is 0.526. The number of nitrogens with two attached hydrogens (primary N) is 1. The van der Waals surface area contributed by atoms with E-state index in [2.05, 4.69) is 26.7 Å². The molecule has 0 bridgehead atoms. The van der Waals surface area contributed by atoms with Crippen molar-refractivity contribution in [2.24, 2.45) is 10.7 Å². The van der Waals surface area contributed by atoms with Crippen LogP contribution in [0, 0.1) is 0 Å². The monoisotopic (exact) mass is 417 g/mol. The van der Waals surface area contributed by atoms with E-state index in [0.29, 0.717) is 28.8 Å². The zero-order chi connectivity index (χ0) is 20.4. The molecular formula is C19H27N7O2S. The molecule has 1 atom stereocenters. The molecule has 29 heavy (non-hydrogen) atoms. The van der Waals surface area contributed by atoms with Crippen molar-refractivity contribution in [1.82, 2.24) is 14.9 Å². The maximum Gasteiger partial charge on any atom is 0.228 e. The number of amidine groups is 1. The molecule has 1 saturated carbocycles. The highest BCUT2D eigenvalue weighted by molar-refractivity contribution is 7.91. The Balaban J connectivity index is 1.54. The number of fused-ring (bicyclic) bond motifs is 1. The molecule has 4 N–H and O–H groups in total. The molecular weight excluding hydrogens is 390 g/mol. The number of anilines is 2. The van der Waals surface area contributed by atoms with Crippen LogP contribution in [0.3, 0.4) is 0 Å². The van der Waals surface area contributed by atoms with Gasteiger partial charge in [0.05, 0.1) is 12.1 Å². The Kier molecular flexibility index (Phi) is 5.66. The van der Waals surface area contributed by atoms with E-state index in [1.54, 1.807) is 6.08 Å². The van der Waals surface area contributed by atoms with E-state index in [-0.39, 0.29) is 12.1 Å². The molecule has 156 valence electrons. The fourth-order valence-corrected chi connectivity index (χ4v) is 4.99. The van der Waals surface area contributed by atoms with Gasteiger partial charge in [0.2, 0.25) is 10.8 Å². The van der Waals surface area contributed by atoms with Crippen molar-refractivity contribution in [3.05, 3.63) is 30.7 Å². The first kappa shape index (κ1) is 20.0. The average molecular weight is 418 g/mol. The number of nitrogens with zero attached hydrogens (tertiary/aromatic N) is 5. The molecule has 2 aliphatic heterocycles. The van der Waals surface area contributed by atoms with Crippen LogP contribution in [0.2, 0.25) is 0 Å². The van der Waals surface area contributed by atoms with Crippen molar-refractivity contribution in [2.45, 2.75) is 29.7 Å². The highest BCUT2D eigenvalue weighted by atomic mass is 32.2. The molecule has 0 aromatic carbocycles. The van der Waals surface area contributed by atoms with Crippen molar-refractivity contribution in [2.75, 3.05) is 48.8 Å². The fourth-order valence-electron chi connectivity index (χ4n) is 3.68. The minimum absolute atomic E-state index is 0.0481.